The summed E-state index contributed by atoms with van der Waals surface area (Å²) in [6.07, 6.45) is 0. The second kappa shape index (κ2) is 9.40. The summed E-state index contributed by atoms with van der Waals surface area (Å²) in [5.41, 5.74) is 0.0648. The van der Waals surface area contributed by atoms with Gasteiger partial charge < -0.3 is 9.90 Å². The molecule has 0 aromatic heterocycles. The van der Waals surface area contributed by atoms with E-state index in [2.05, 4.69) is 97.6 Å². The zero-order valence-corrected chi connectivity index (χ0v) is 15.2. The van der Waals surface area contributed by atoms with Gasteiger partial charge in [0, 0.05) is 0 Å². The topological polar surface area (TPSA) is 40.1 Å². The first-order valence-electron chi connectivity index (χ1n) is 7.99. The van der Waals surface area contributed by atoms with Crippen LogP contribution in [0.3, 0.4) is 0 Å². The molecule has 0 fully saturated rings. The molecule has 25 heavy (non-hydrogen) atoms. The van der Waals surface area contributed by atoms with Gasteiger partial charge in [0.05, 0.1) is 5.97 Å². The van der Waals surface area contributed by atoms with Crippen molar-refractivity contribution in [3.05, 3.63) is 103 Å². The van der Waals surface area contributed by atoms with E-state index < -0.39 is 14.8 Å². The molecule has 0 aliphatic rings. The second-order valence-electron chi connectivity index (χ2n) is 5.54. The number of benzene rings is 3. The van der Waals surface area contributed by atoms with Crippen LogP contribution in [0.4, 0.5) is 0 Å². The van der Waals surface area contributed by atoms with Gasteiger partial charge in [0.15, 0.2) is 0 Å². The fourth-order valence-corrected chi connectivity index (χ4v) is 4.89. The summed E-state index contributed by atoms with van der Waals surface area (Å²) in [6.45, 7) is 4.48. The minimum Gasteiger partial charge on any atom is -0.545 e. The maximum atomic E-state index is 9.49. The molecular weight excluding hydrogens is 324 g/mol. The van der Waals surface area contributed by atoms with Gasteiger partial charge in [-0.1, -0.05) is 61.2 Å². The summed E-state index contributed by atoms with van der Waals surface area (Å²) < 4.78 is 0. The number of carbonyl (C=O) groups excluding carboxylic acids is 1. The van der Waals surface area contributed by atoms with E-state index in [4.69, 9.17) is 0 Å². The molecule has 124 valence electrons. The van der Waals surface area contributed by atoms with Gasteiger partial charge in [-0.15, -0.1) is 0 Å². The molecule has 0 radical (unpaired) electrons. The van der Waals surface area contributed by atoms with Gasteiger partial charge >= 0.3 is 8.80 Å². The molecule has 0 aliphatic carbocycles. The molecule has 0 saturated carbocycles. The predicted molar refractivity (Wildman–Crippen MR) is 104 cm³/mol. The Morgan fingerprint density at radius 2 is 0.960 bits per heavy atom. The standard InChI is InChI=1S/C18H15Si.C4H6O2/c1-4-10-16(11-5-1)19(17-12-6-2-7-13-17)18-14-8-3-9-15-18;1-3(2)4(5)6/h1-15H;1H2,2H3,(H,5,6)/q+1;/p-1. The van der Waals surface area contributed by atoms with Crippen LogP contribution in [-0.4, -0.2) is 14.8 Å². The van der Waals surface area contributed by atoms with E-state index in [1.54, 1.807) is 0 Å². The third-order valence-corrected chi connectivity index (χ3v) is 6.27. The fourth-order valence-electron chi connectivity index (χ4n) is 2.31. The lowest BCUT2D eigenvalue weighted by Crippen LogP contribution is -2.51. The zero-order valence-electron chi connectivity index (χ0n) is 14.2. The van der Waals surface area contributed by atoms with Crippen LogP contribution in [0.25, 0.3) is 0 Å². The van der Waals surface area contributed by atoms with Crippen molar-refractivity contribution >= 4 is 30.3 Å². The number of aliphatic carboxylic acids is 1. The van der Waals surface area contributed by atoms with Crippen LogP contribution in [-0.2, 0) is 4.79 Å². The van der Waals surface area contributed by atoms with Crippen LogP contribution in [0.1, 0.15) is 6.92 Å². The summed E-state index contributed by atoms with van der Waals surface area (Å²) in [5.74, 6) is -1.19. The number of hydrogen-bond acceptors (Lipinski definition) is 2. The number of carbonyl (C=O) groups is 1. The maximum absolute atomic E-state index is 9.49. The van der Waals surface area contributed by atoms with Gasteiger partial charge in [0.25, 0.3) is 0 Å². The van der Waals surface area contributed by atoms with Crippen molar-refractivity contribution in [2.24, 2.45) is 0 Å². The fraction of sp³-hybridized carbons (Fsp3) is 0.0455. The van der Waals surface area contributed by atoms with Crippen molar-refractivity contribution < 1.29 is 9.90 Å². The SMILES string of the molecule is C=C(C)C(=O)[O-].c1ccc([Si+](c2ccccc2)c2ccccc2)cc1. The Hall–Kier alpha value is -2.91. The molecule has 0 heterocycles. The van der Waals surface area contributed by atoms with Crippen LogP contribution in [0.15, 0.2) is 103 Å². The van der Waals surface area contributed by atoms with Gasteiger partial charge in [-0.25, -0.2) is 0 Å². The third-order valence-electron chi connectivity index (χ3n) is 3.54. The summed E-state index contributed by atoms with van der Waals surface area (Å²) in [7, 11) is -0.877. The van der Waals surface area contributed by atoms with E-state index in [-0.39, 0.29) is 5.57 Å². The Bertz CT molecular complexity index is 693. The zero-order chi connectivity index (χ0) is 18.1. The normalized spacial score (nSPS) is 9.48. The summed E-state index contributed by atoms with van der Waals surface area (Å²) in [4.78, 5) is 9.49. The molecule has 3 aromatic rings. The maximum Gasteiger partial charge on any atom is 0.428 e. The van der Waals surface area contributed by atoms with Gasteiger partial charge in [0.2, 0.25) is 0 Å². The first-order chi connectivity index (χ1) is 12.1. The molecule has 0 bridgehead atoms. The first-order valence-corrected chi connectivity index (χ1v) is 9.49. The lowest BCUT2D eigenvalue weighted by molar-refractivity contribution is -0.299. The molecule has 0 spiro atoms. The molecule has 2 nitrogen and oxygen atoms in total. The average Bonchev–Trinajstić information content (AvgIpc) is 2.65. The Morgan fingerprint density at radius 3 is 1.16 bits per heavy atom. The molecule has 0 unspecified atom stereocenters. The van der Waals surface area contributed by atoms with E-state index in [0.717, 1.165) is 0 Å². The Kier molecular flexibility index (Phi) is 6.93. The van der Waals surface area contributed by atoms with E-state index in [0.29, 0.717) is 0 Å². The number of carboxylic acid groups (broad SMARTS) is 1. The van der Waals surface area contributed by atoms with Crippen LogP contribution in [0, 0.1) is 0 Å². The van der Waals surface area contributed by atoms with Gasteiger partial charge in [-0.05, 0) is 48.9 Å². The highest BCUT2D eigenvalue weighted by atomic mass is 28.3. The first kappa shape index (κ1) is 18.4. The van der Waals surface area contributed by atoms with Crippen molar-refractivity contribution in [3.63, 3.8) is 0 Å². The Labute approximate surface area is 150 Å². The van der Waals surface area contributed by atoms with Crippen molar-refractivity contribution in [1.29, 1.82) is 0 Å². The minimum atomic E-state index is -1.19. The Balaban J connectivity index is 0.000000326. The molecule has 0 amide bonds. The molecule has 0 atom stereocenters. The molecule has 0 saturated heterocycles. The van der Waals surface area contributed by atoms with Crippen molar-refractivity contribution in [3.8, 4) is 0 Å². The van der Waals surface area contributed by atoms with Crippen LogP contribution >= 0.6 is 0 Å². The number of rotatable bonds is 4. The molecule has 3 aromatic carbocycles. The van der Waals surface area contributed by atoms with E-state index >= 15 is 0 Å². The highest BCUT2D eigenvalue weighted by Gasteiger charge is 2.35. The predicted octanol–water partition coefficient (Wildman–Crippen LogP) is 1.52. The smallest absolute Gasteiger partial charge is 0.428 e. The highest BCUT2D eigenvalue weighted by molar-refractivity contribution is 6.95. The lowest BCUT2D eigenvalue weighted by Gasteiger charge is -2.02. The average molecular weight is 344 g/mol. The van der Waals surface area contributed by atoms with Crippen LogP contribution in [0.2, 0.25) is 0 Å². The summed E-state index contributed by atoms with van der Waals surface area (Å²) in [5, 5.41) is 13.8. The summed E-state index contributed by atoms with van der Waals surface area (Å²) >= 11 is 0. The highest BCUT2D eigenvalue weighted by Crippen LogP contribution is 1.95. The number of hydrogen-bond donors (Lipinski definition) is 0. The lowest BCUT2D eigenvalue weighted by atomic mass is 10.3. The van der Waals surface area contributed by atoms with Gasteiger partial charge in [-0.3, -0.25) is 0 Å². The minimum absolute atomic E-state index is 0.0648. The molecule has 3 rings (SSSR count). The van der Waals surface area contributed by atoms with Crippen molar-refractivity contribution in [2.75, 3.05) is 0 Å². The van der Waals surface area contributed by atoms with Crippen molar-refractivity contribution in [2.45, 2.75) is 6.92 Å². The van der Waals surface area contributed by atoms with Crippen LogP contribution < -0.4 is 20.7 Å². The van der Waals surface area contributed by atoms with Crippen molar-refractivity contribution in [1.82, 2.24) is 0 Å². The number of carboxylic acids is 1. The quantitative estimate of drug-likeness (QED) is 0.409. The van der Waals surface area contributed by atoms with Gasteiger partial charge in [-0.2, -0.15) is 0 Å². The van der Waals surface area contributed by atoms with E-state index in [1.165, 1.54) is 22.5 Å². The van der Waals surface area contributed by atoms with E-state index in [9.17, 15) is 9.90 Å². The second-order valence-corrected chi connectivity index (χ2v) is 8.02. The third kappa shape index (κ3) is 5.59. The molecule has 0 aliphatic heterocycles. The Morgan fingerprint density at radius 1 is 0.720 bits per heavy atom. The molecular formula is C22H20O2Si. The van der Waals surface area contributed by atoms with Gasteiger partial charge in [0.1, 0.15) is 15.6 Å². The van der Waals surface area contributed by atoms with E-state index in [1.807, 2.05) is 0 Å². The molecule has 0 N–H and O–H groups in total. The van der Waals surface area contributed by atoms with Crippen LogP contribution in [0.5, 0.6) is 0 Å². The summed E-state index contributed by atoms with van der Waals surface area (Å²) in [6, 6.07) is 32.5. The largest absolute Gasteiger partial charge is 0.545 e. The monoisotopic (exact) mass is 344 g/mol. The molecule has 3 heteroatoms.